The predicted octanol–water partition coefficient (Wildman–Crippen LogP) is 1.86. The average molecular weight is 276 g/mol. The Hall–Kier alpha value is -1.39. The van der Waals surface area contributed by atoms with Crippen molar-refractivity contribution in [2.45, 2.75) is 39.3 Å². The van der Waals surface area contributed by atoms with Crippen molar-refractivity contribution in [3.63, 3.8) is 0 Å². The molecular formula is C16H24N2O2. The van der Waals surface area contributed by atoms with Crippen LogP contribution in [0.3, 0.4) is 0 Å². The molecule has 1 fully saturated rings. The number of nitrogens with one attached hydrogen (secondary N) is 2. The van der Waals surface area contributed by atoms with Crippen LogP contribution in [-0.2, 0) is 9.53 Å². The maximum absolute atomic E-state index is 12.1. The maximum Gasteiger partial charge on any atom is 0.223 e. The monoisotopic (exact) mass is 276 g/mol. The van der Waals surface area contributed by atoms with Crippen LogP contribution in [0, 0.1) is 13.8 Å². The number of aryl methyl sites for hydroxylation is 2. The summed E-state index contributed by atoms with van der Waals surface area (Å²) in [6, 6.07) is 6.35. The van der Waals surface area contributed by atoms with Crippen molar-refractivity contribution in [1.29, 1.82) is 0 Å². The zero-order valence-electron chi connectivity index (χ0n) is 12.5. The lowest BCUT2D eigenvalue weighted by Gasteiger charge is -2.24. The summed E-state index contributed by atoms with van der Waals surface area (Å²) in [5, 5.41) is 6.29. The Morgan fingerprint density at radius 3 is 2.95 bits per heavy atom. The van der Waals surface area contributed by atoms with E-state index in [-0.39, 0.29) is 18.1 Å². The largest absolute Gasteiger partial charge is 0.375 e. The fourth-order valence-electron chi connectivity index (χ4n) is 2.65. The summed E-state index contributed by atoms with van der Waals surface area (Å²) in [4.78, 5) is 12.1. The first-order valence-corrected chi connectivity index (χ1v) is 7.25. The van der Waals surface area contributed by atoms with Gasteiger partial charge in [0.05, 0.1) is 25.2 Å². The number of hydrogen-bond donors (Lipinski definition) is 2. The average Bonchev–Trinajstić information content (AvgIpc) is 2.39. The van der Waals surface area contributed by atoms with Crippen molar-refractivity contribution in [3.8, 4) is 0 Å². The van der Waals surface area contributed by atoms with Crippen LogP contribution >= 0.6 is 0 Å². The van der Waals surface area contributed by atoms with Crippen LogP contribution in [0.5, 0.6) is 0 Å². The van der Waals surface area contributed by atoms with Crippen LogP contribution in [0.25, 0.3) is 0 Å². The van der Waals surface area contributed by atoms with E-state index in [4.69, 9.17) is 4.74 Å². The Morgan fingerprint density at radius 1 is 1.50 bits per heavy atom. The van der Waals surface area contributed by atoms with Crippen LogP contribution in [-0.4, -0.2) is 31.7 Å². The van der Waals surface area contributed by atoms with Gasteiger partial charge in [-0.2, -0.15) is 0 Å². The molecule has 1 aliphatic heterocycles. The number of carbonyl (C=O) groups excluding carboxylic acids is 1. The topological polar surface area (TPSA) is 50.4 Å². The Balaban J connectivity index is 1.89. The first-order valence-electron chi connectivity index (χ1n) is 7.25. The number of amides is 1. The van der Waals surface area contributed by atoms with E-state index in [0.29, 0.717) is 13.0 Å². The summed E-state index contributed by atoms with van der Waals surface area (Å²) in [5.74, 6) is 0.0474. The number of morpholine rings is 1. The molecule has 2 unspecified atom stereocenters. The van der Waals surface area contributed by atoms with E-state index in [0.717, 1.165) is 13.1 Å². The second-order valence-electron chi connectivity index (χ2n) is 5.55. The Bertz CT molecular complexity index is 468. The highest BCUT2D eigenvalue weighted by Gasteiger charge is 2.19. The number of ether oxygens (including phenoxy) is 1. The van der Waals surface area contributed by atoms with Crippen molar-refractivity contribution in [1.82, 2.24) is 10.6 Å². The molecule has 4 heteroatoms. The summed E-state index contributed by atoms with van der Waals surface area (Å²) in [6.07, 6.45) is 0.414. The van der Waals surface area contributed by atoms with E-state index in [9.17, 15) is 4.79 Å². The Kier molecular flexibility index (Phi) is 5.15. The third kappa shape index (κ3) is 4.05. The lowest BCUT2D eigenvalue weighted by Crippen LogP contribution is -2.41. The highest BCUT2D eigenvalue weighted by Crippen LogP contribution is 2.18. The van der Waals surface area contributed by atoms with Gasteiger partial charge in [0.1, 0.15) is 0 Å². The number of rotatable bonds is 4. The molecule has 1 amide bonds. The molecular weight excluding hydrogens is 252 g/mol. The molecule has 1 aromatic rings. The van der Waals surface area contributed by atoms with E-state index >= 15 is 0 Å². The van der Waals surface area contributed by atoms with Crippen LogP contribution in [0.2, 0.25) is 0 Å². The van der Waals surface area contributed by atoms with Crippen molar-refractivity contribution in [2.75, 3.05) is 19.7 Å². The summed E-state index contributed by atoms with van der Waals surface area (Å²) in [6.45, 7) is 8.50. The van der Waals surface area contributed by atoms with Gasteiger partial charge in [0.15, 0.2) is 0 Å². The molecule has 0 bridgehead atoms. The van der Waals surface area contributed by atoms with Gasteiger partial charge >= 0.3 is 0 Å². The summed E-state index contributed by atoms with van der Waals surface area (Å²) in [7, 11) is 0. The summed E-state index contributed by atoms with van der Waals surface area (Å²) in [5.41, 5.74) is 3.63. The number of benzene rings is 1. The third-order valence-electron chi connectivity index (χ3n) is 3.69. The summed E-state index contributed by atoms with van der Waals surface area (Å²) < 4.78 is 5.55. The fourth-order valence-corrected chi connectivity index (χ4v) is 2.65. The van der Waals surface area contributed by atoms with Gasteiger partial charge in [-0.25, -0.2) is 0 Å². The highest BCUT2D eigenvalue weighted by molar-refractivity contribution is 5.77. The smallest absolute Gasteiger partial charge is 0.223 e. The lowest BCUT2D eigenvalue weighted by molar-refractivity contribution is -0.125. The van der Waals surface area contributed by atoms with Gasteiger partial charge in [-0.15, -0.1) is 0 Å². The van der Waals surface area contributed by atoms with Crippen molar-refractivity contribution in [3.05, 3.63) is 34.9 Å². The van der Waals surface area contributed by atoms with Gasteiger partial charge in [0, 0.05) is 13.1 Å². The van der Waals surface area contributed by atoms with E-state index in [2.05, 4.69) is 42.7 Å². The molecule has 0 aliphatic carbocycles. The van der Waals surface area contributed by atoms with E-state index < -0.39 is 0 Å². The second-order valence-corrected chi connectivity index (χ2v) is 5.55. The standard InChI is InChI=1S/C16H24N2O2/c1-11-4-5-15(12(2)8-11)13(3)18-16(19)9-14-10-17-6-7-20-14/h4-5,8,13-14,17H,6-7,9-10H2,1-3H3,(H,18,19). The zero-order valence-corrected chi connectivity index (χ0v) is 12.5. The normalized spacial score (nSPS) is 20.4. The molecule has 0 aromatic heterocycles. The molecule has 2 N–H and O–H groups in total. The van der Waals surface area contributed by atoms with Crippen molar-refractivity contribution < 1.29 is 9.53 Å². The van der Waals surface area contributed by atoms with Crippen LogP contribution in [0.1, 0.15) is 36.1 Å². The van der Waals surface area contributed by atoms with E-state index in [1.807, 2.05) is 6.92 Å². The van der Waals surface area contributed by atoms with Crippen LogP contribution in [0.4, 0.5) is 0 Å². The molecule has 0 saturated carbocycles. The molecule has 1 aliphatic rings. The minimum Gasteiger partial charge on any atom is -0.375 e. The minimum atomic E-state index is -0.00457. The Morgan fingerprint density at radius 2 is 2.30 bits per heavy atom. The number of hydrogen-bond acceptors (Lipinski definition) is 3. The lowest BCUT2D eigenvalue weighted by atomic mass is 10.00. The Labute approximate surface area is 120 Å². The minimum absolute atomic E-state index is 0.00457. The van der Waals surface area contributed by atoms with Gasteiger partial charge in [-0.1, -0.05) is 23.8 Å². The zero-order chi connectivity index (χ0) is 14.5. The third-order valence-corrected chi connectivity index (χ3v) is 3.69. The van der Waals surface area contributed by atoms with Crippen LogP contribution in [0.15, 0.2) is 18.2 Å². The first kappa shape index (κ1) is 15.0. The van der Waals surface area contributed by atoms with Gasteiger partial charge < -0.3 is 15.4 Å². The van der Waals surface area contributed by atoms with Gasteiger partial charge in [-0.05, 0) is 31.9 Å². The van der Waals surface area contributed by atoms with Crippen molar-refractivity contribution in [2.24, 2.45) is 0 Å². The SMILES string of the molecule is Cc1ccc(C(C)NC(=O)CC2CNCCO2)c(C)c1. The maximum atomic E-state index is 12.1. The summed E-state index contributed by atoms with van der Waals surface area (Å²) >= 11 is 0. The molecule has 0 radical (unpaired) electrons. The van der Waals surface area contributed by atoms with Crippen molar-refractivity contribution >= 4 is 5.91 Å². The van der Waals surface area contributed by atoms with Gasteiger partial charge in [-0.3, -0.25) is 4.79 Å². The van der Waals surface area contributed by atoms with E-state index in [1.54, 1.807) is 0 Å². The second kappa shape index (κ2) is 6.86. The highest BCUT2D eigenvalue weighted by atomic mass is 16.5. The molecule has 2 atom stereocenters. The molecule has 110 valence electrons. The quantitative estimate of drug-likeness (QED) is 0.882. The fraction of sp³-hybridized carbons (Fsp3) is 0.562. The molecule has 1 aromatic carbocycles. The predicted molar refractivity (Wildman–Crippen MR) is 79.7 cm³/mol. The van der Waals surface area contributed by atoms with Gasteiger partial charge in [0.2, 0.25) is 5.91 Å². The molecule has 0 spiro atoms. The van der Waals surface area contributed by atoms with Crippen LogP contribution < -0.4 is 10.6 Å². The molecule has 1 saturated heterocycles. The van der Waals surface area contributed by atoms with E-state index in [1.165, 1.54) is 16.7 Å². The molecule has 4 nitrogen and oxygen atoms in total. The molecule has 20 heavy (non-hydrogen) atoms. The first-order chi connectivity index (χ1) is 9.56. The van der Waals surface area contributed by atoms with Gasteiger partial charge in [0.25, 0.3) is 0 Å². The molecule has 1 heterocycles. The number of carbonyl (C=O) groups is 1. The molecule has 2 rings (SSSR count).